The molecule has 1 aliphatic carbocycles. The highest BCUT2D eigenvalue weighted by Crippen LogP contribution is 2.58. The predicted molar refractivity (Wildman–Crippen MR) is 129 cm³/mol. The van der Waals surface area contributed by atoms with Crippen LogP contribution in [-0.2, 0) is 14.3 Å². The number of hydrogen-bond donors (Lipinski definition) is 0. The maximum Gasteiger partial charge on any atom is 0.241 e. The minimum absolute atomic E-state index is 0.196. The average Bonchev–Trinajstić information content (AvgIpc) is 3.39. The van der Waals surface area contributed by atoms with E-state index in [1.807, 2.05) is 19.9 Å². The van der Waals surface area contributed by atoms with Crippen LogP contribution in [0.15, 0.2) is 66.7 Å². The third-order valence-electron chi connectivity index (χ3n) is 7.20. The van der Waals surface area contributed by atoms with E-state index in [9.17, 15) is 19.2 Å². The fraction of sp³-hybridized carbons (Fsp3) is 0.214. The molecule has 7 heteroatoms. The van der Waals surface area contributed by atoms with Crippen molar-refractivity contribution in [3.05, 3.63) is 99.6 Å². The maximum atomic E-state index is 14.0. The number of amides is 2. The van der Waals surface area contributed by atoms with Gasteiger partial charge >= 0.3 is 0 Å². The van der Waals surface area contributed by atoms with E-state index < -0.39 is 46.9 Å². The number of imide groups is 1. The normalized spacial score (nSPS) is 24.4. The van der Waals surface area contributed by atoms with Crippen LogP contribution >= 0.6 is 11.6 Å². The number of aryl methyl sites for hydroxylation is 2. The highest BCUT2D eigenvalue weighted by atomic mass is 35.5. The summed E-state index contributed by atoms with van der Waals surface area (Å²) >= 11 is 6.47. The molecule has 174 valence electrons. The van der Waals surface area contributed by atoms with Crippen LogP contribution in [0.25, 0.3) is 0 Å². The second-order valence-corrected chi connectivity index (χ2v) is 9.77. The number of carbonyl (C=O) groups excluding carboxylic acids is 4. The van der Waals surface area contributed by atoms with Crippen LogP contribution in [-0.4, -0.2) is 29.0 Å². The number of carbonyl (C=O) groups is 4. The van der Waals surface area contributed by atoms with Crippen LogP contribution in [0, 0.1) is 25.7 Å². The van der Waals surface area contributed by atoms with Gasteiger partial charge in [-0.25, -0.2) is 4.90 Å². The first kappa shape index (κ1) is 21.9. The fourth-order valence-corrected chi connectivity index (χ4v) is 6.08. The van der Waals surface area contributed by atoms with Gasteiger partial charge in [-0.2, -0.15) is 0 Å². The van der Waals surface area contributed by atoms with Crippen molar-refractivity contribution in [3.8, 4) is 0 Å². The first-order chi connectivity index (χ1) is 16.8. The molecule has 0 unspecified atom stereocenters. The summed E-state index contributed by atoms with van der Waals surface area (Å²) in [5, 5.41) is 0.328. The monoisotopic (exact) mass is 485 g/mol. The van der Waals surface area contributed by atoms with Crippen LogP contribution in [0.1, 0.15) is 43.5 Å². The fourth-order valence-electron chi connectivity index (χ4n) is 5.84. The zero-order valence-electron chi connectivity index (χ0n) is 18.9. The molecule has 2 saturated heterocycles. The standard InChI is InChI=1S/C28H20ClNO5/c1-14-11-15(2)13-16(12-14)30-26(33)21-22(27(30)34)28(35-23(21)19-9-5-6-10-20(19)29)24(31)17-7-3-4-8-18(17)25(28)32/h3-13,21-23H,1-2H3/t21-,22+,23+/m0/s1. The van der Waals surface area contributed by atoms with Gasteiger partial charge in [0.2, 0.25) is 29.0 Å². The zero-order valence-corrected chi connectivity index (χ0v) is 19.7. The molecule has 0 aromatic heterocycles. The highest BCUT2D eigenvalue weighted by molar-refractivity contribution is 6.37. The Morgan fingerprint density at radius 3 is 1.97 bits per heavy atom. The van der Waals surface area contributed by atoms with Crippen molar-refractivity contribution in [2.75, 3.05) is 4.90 Å². The van der Waals surface area contributed by atoms with Crippen LogP contribution in [0.4, 0.5) is 5.69 Å². The number of ether oxygens (including phenoxy) is 1. The summed E-state index contributed by atoms with van der Waals surface area (Å²) in [5.41, 5.74) is 0.913. The molecule has 0 radical (unpaired) electrons. The summed E-state index contributed by atoms with van der Waals surface area (Å²) in [6.07, 6.45) is -1.04. The second kappa shape index (κ2) is 7.44. The molecule has 3 atom stereocenters. The number of anilines is 1. The molecule has 3 aliphatic rings. The summed E-state index contributed by atoms with van der Waals surface area (Å²) in [6, 6.07) is 18.7. The van der Waals surface area contributed by atoms with Crippen molar-refractivity contribution in [2.24, 2.45) is 11.8 Å². The van der Waals surface area contributed by atoms with E-state index in [1.165, 1.54) is 0 Å². The minimum Gasteiger partial charge on any atom is -0.349 e. The number of rotatable bonds is 2. The van der Waals surface area contributed by atoms with E-state index in [4.69, 9.17) is 16.3 Å². The van der Waals surface area contributed by atoms with Gasteiger partial charge in [0.1, 0.15) is 0 Å². The number of ketones is 2. The number of benzene rings is 3. The number of hydrogen-bond acceptors (Lipinski definition) is 5. The van der Waals surface area contributed by atoms with Crippen molar-refractivity contribution in [1.29, 1.82) is 0 Å². The van der Waals surface area contributed by atoms with Gasteiger partial charge < -0.3 is 4.74 Å². The summed E-state index contributed by atoms with van der Waals surface area (Å²) in [7, 11) is 0. The van der Waals surface area contributed by atoms with Crippen molar-refractivity contribution < 1.29 is 23.9 Å². The third-order valence-corrected chi connectivity index (χ3v) is 7.54. The Kier molecular flexibility index (Phi) is 4.66. The Labute approximate surface area is 206 Å². The molecule has 0 N–H and O–H groups in total. The lowest BCUT2D eigenvalue weighted by Crippen LogP contribution is -2.51. The maximum absolute atomic E-state index is 14.0. The van der Waals surface area contributed by atoms with E-state index in [0.29, 0.717) is 16.3 Å². The first-order valence-corrected chi connectivity index (χ1v) is 11.7. The molecule has 0 bridgehead atoms. The molecular weight excluding hydrogens is 466 g/mol. The Morgan fingerprint density at radius 1 is 0.800 bits per heavy atom. The van der Waals surface area contributed by atoms with Crippen molar-refractivity contribution >= 4 is 40.7 Å². The lowest BCUT2D eigenvalue weighted by molar-refractivity contribution is -0.127. The molecule has 6 rings (SSSR count). The second-order valence-electron chi connectivity index (χ2n) is 9.36. The number of nitrogens with zero attached hydrogens (tertiary/aromatic N) is 1. The largest absolute Gasteiger partial charge is 0.349 e. The van der Waals surface area contributed by atoms with E-state index >= 15 is 0 Å². The quantitative estimate of drug-likeness (QED) is 0.390. The molecule has 3 aromatic rings. The van der Waals surface area contributed by atoms with Gasteiger partial charge in [-0.15, -0.1) is 0 Å². The van der Waals surface area contributed by atoms with Crippen LogP contribution < -0.4 is 4.90 Å². The molecular formula is C28H20ClNO5. The van der Waals surface area contributed by atoms with Gasteiger partial charge in [0.15, 0.2) is 0 Å². The van der Waals surface area contributed by atoms with Crippen LogP contribution in [0.3, 0.4) is 0 Å². The molecule has 1 spiro atoms. The molecule has 2 fully saturated rings. The predicted octanol–water partition coefficient (Wildman–Crippen LogP) is 4.65. The molecule has 2 amide bonds. The van der Waals surface area contributed by atoms with Crippen LogP contribution in [0.5, 0.6) is 0 Å². The Bertz CT molecular complexity index is 1420. The Hall–Kier alpha value is -3.61. The molecule has 3 aromatic carbocycles. The smallest absolute Gasteiger partial charge is 0.241 e. The van der Waals surface area contributed by atoms with Gasteiger partial charge in [-0.05, 0) is 43.2 Å². The minimum atomic E-state index is -2.11. The molecule has 2 heterocycles. The summed E-state index contributed by atoms with van der Waals surface area (Å²) in [4.78, 5) is 56.5. The van der Waals surface area contributed by atoms with E-state index in [0.717, 1.165) is 16.0 Å². The first-order valence-electron chi connectivity index (χ1n) is 11.3. The van der Waals surface area contributed by atoms with Gasteiger partial charge in [-0.3, -0.25) is 19.2 Å². The topological polar surface area (TPSA) is 80.8 Å². The summed E-state index contributed by atoms with van der Waals surface area (Å²) < 4.78 is 6.27. The number of Topliss-reactive ketones (excluding diaryl/α,β-unsaturated/α-hetero) is 2. The molecule has 35 heavy (non-hydrogen) atoms. The van der Waals surface area contributed by atoms with Crippen LogP contribution in [0.2, 0.25) is 5.02 Å². The van der Waals surface area contributed by atoms with E-state index in [2.05, 4.69) is 0 Å². The Balaban J connectivity index is 1.57. The lowest BCUT2D eigenvalue weighted by atomic mass is 9.77. The van der Waals surface area contributed by atoms with E-state index in [1.54, 1.807) is 60.7 Å². The number of halogens is 1. The molecule has 6 nitrogen and oxygen atoms in total. The SMILES string of the molecule is Cc1cc(C)cc(N2C(=O)[C@@H]3[C@@H](c4ccccc4Cl)OC4(C(=O)c5ccccc5C4=O)[C@H]3C2=O)c1. The average molecular weight is 486 g/mol. The molecule has 2 aliphatic heterocycles. The van der Waals surface area contributed by atoms with Gasteiger partial charge in [-0.1, -0.05) is 60.1 Å². The number of fused-ring (bicyclic) bond motifs is 3. The van der Waals surface area contributed by atoms with Gasteiger partial charge in [0.25, 0.3) is 0 Å². The van der Waals surface area contributed by atoms with Gasteiger partial charge in [0, 0.05) is 21.7 Å². The Morgan fingerprint density at radius 2 is 1.37 bits per heavy atom. The summed E-state index contributed by atoms with van der Waals surface area (Å²) in [5.74, 6) is -4.69. The summed E-state index contributed by atoms with van der Waals surface area (Å²) in [6.45, 7) is 3.75. The zero-order chi connectivity index (χ0) is 24.6. The van der Waals surface area contributed by atoms with Crippen molar-refractivity contribution in [1.82, 2.24) is 0 Å². The van der Waals surface area contributed by atoms with Crippen molar-refractivity contribution in [3.63, 3.8) is 0 Å². The van der Waals surface area contributed by atoms with Gasteiger partial charge in [0.05, 0.1) is 23.6 Å². The van der Waals surface area contributed by atoms with Crippen molar-refractivity contribution in [2.45, 2.75) is 25.6 Å². The lowest BCUT2D eigenvalue weighted by Gasteiger charge is -2.27. The van der Waals surface area contributed by atoms with E-state index in [-0.39, 0.29) is 11.1 Å². The highest BCUT2D eigenvalue weighted by Gasteiger charge is 2.74. The third kappa shape index (κ3) is 2.81. The molecule has 0 saturated carbocycles.